The Balaban J connectivity index is 0.000000395. The van der Waals surface area contributed by atoms with Gasteiger partial charge in [-0.15, -0.1) is 0 Å². The maximum absolute atomic E-state index is 14.4. The molecule has 0 atom stereocenters. The molecule has 2 amide bonds. The Labute approximate surface area is 238 Å². The molecule has 0 aliphatic carbocycles. The number of hydrogen-bond donors (Lipinski definition) is 3. The molecule has 202 valence electrons. The second kappa shape index (κ2) is 13.8. The van der Waals surface area contributed by atoms with Gasteiger partial charge in [-0.05, 0) is 63.4 Å². The molecule has 1 aromatic heterocycles. The summed E-state index contributed by atoms with van der Waals surface area (Å²) in [6.07, 6.45) is 5.82. The van der Waals surface area contributed by atoms with Crippen LogP contribution in [0.4, 0.5) is 4.39 Å². The molecule has 0 unspecified atom stereocenters. The molecular weight excluding hydrogens is 506 g/mol. The molecule has 3 aromatic rings. The van der Waals surface area contributed by atoms with Crippen LogP contribution in [0, 0.1) is 12.7 Å². The molecular formula is C28H31B3FN5O3. The summed E-state index contributed by atoms with van der Waals surface area (Å²) >= 11 is 0. The van der Waals surface area contributed by atoms with Gasteiger partial charge in [0.15, 0.2) is 0 Å². The number of rotatable bonds is 8. The third kappa shape index (κ3) is 9.91. The molecule has 0 fully saturated rings. The minimum atomic E-state index is -1.97. The number of allylic oxidation sites excluding steroid dienone is 1. The molecule has 0 aliphatic heterocycles. The normalized spacial score (nSPS) is 12.0. The molecule has 4 N–H and O–H groups in total. The van der Waals surface area contributed by atoms with E-state index in [0.29, 0.717) is 34.5 Å². The van der Waals surface area contributed by atoms with E-state index in [0.717, 1.165) is 18.1 Å². The minimum Gasteiger partial charge on any atom is -0.456 e. The number of aliphatic imine (C=N–C) groups is 1. The molecule has 3 rings (SSSR count). The number of ether oxygens (including phenoxy) is 1. The molecule has 0 aliphatic rings. The fourth-order valence-corrected chi connectivity index (χ4v) is 3.29. The molecule has 8 nitrogen and oxygen atoms in total. The molecule has 0 saturated carbocycles. The number of aromatic nitrogens is 1. The summed E-state index contributed by atoms with van der Waals surface area (Å²) in [5.74, 6) is -0.525. The minimum absolute atomic E-state index is 0.154. The molecule has 2 aromatic carbocycles. The van der Waals surface area contributed by atoms with E-state index in [9.17, 15) is 14.0 Å². The van der Waals surface area contributed by atoms with Crippen molar-refractivity contribution in [3.05, 3.63) is 77.0 Å². The Bertz CT molecular complexity index is 1420. The number of nitrogens with one attached hydrogen (secondary N) is 2. The van der Waals surface area contributed by atoms with Crippen molar-refractivity contribution < 1.29 is 18.7 Å². The van der Waals surface area contributed by atoms with Gasteiger partial charge < -0.3 is 21.1 Å². The molecule has 0 saturated heterocycles. The number of halogens is 1. The zero-order chi connectivity index (χ0) is 30.1. The quantitative estimate of drug-likeness (QED) is 0.232. The van der Waals surface area contributed by atoms with E-state index in [-0.39, 0.29) is 11.1 Å². The van der Waals surface area contributed by atoms with Gasteiger partial charge in [-0.2, -0.15) is 0 Å². The van der Waals surface area contributed by atoms with Crippen LogP contribution in [0.1, 0.15) is 49.2 Å². The average Bonchev–Trinajstić information content (AvgIpc) is 2.86. The second-order valence-corrected chi connectivity index (χ2v) is 9.91. The summed E-state index contributed by atoms with van der Waals surface area (Å²) in [6.45, 7) is 9.89. The number of aryl methyl sites for hydroxylation is 2. The number of carbonyl (C=O) groups is 2. The van der Waals surface area contributed by atoms with Crippen molar-refractivity contribution in [2.24, 2.45) is 10.7 Å². The van der Waals surface area contributed by atoms with Crippen molar-refractivity contribution in [2.45, 2.75) is 51.8 Å². The van der Waals surface area contributed by atoms with Crippen LogP contribution in [0.2, 0.25) is 0 Å². The Hall–Kier alpha value is -4.08. The maximum atomic E-state index is 14.4. The van der Waals surface area contributed by atoms with Crippen LogP contribution in [-0.4, -0.2) is 57.8 Å². The molecule has 0 bridgehead atoms. The predicted octanol–water partition coefficient (Wildman–Crippen LogP) is 3.29. The number of pyridine rings is 1. The number of amides is 2. The molecule has 1 heterocycles. The summed E-state index contributed by atoms with van der Waals surface area (Å²) in [6, 6.07) is 10.0. The van der Waals surface area contributed by atoms with Crippen LogP contribution in [0.15, 0.2) is 59.5 Å². The van der Waals surface area contributed by atoms with E-state index in [1.165, 1.54) is 30.2 Å². The zero-order valence-corrected chi connectivity index (χ0v) is 23.3. The van der Waals surface area contributed by atoms with Gasteiger partial charge in [-0.3, -0.25) is 19.6 Å². The fraction of sp³-hybridized carbons (Fsp3) is 0.286. The summed E-state index contributed by atoms with van der Waals surface area (Å²) in [5.41, 5.74) is 7.79. The van der Waals surface area contributed by atoms with Crippen LogP contribution in [0.5, 0.6) is 11.5 Å². The van der Waals surface area contributed by atoms with Crippen LogP contribution < -0.4 is 21.1 Å². The van der Waals surface area contributed by atoms with E-state index in [1.54, 1.807) is 6.07 Å². The van der Waals surface area contributed by atoms with Gasteiger partial charge in [0.25, 0.3) is 5.91 Å². The lowest BCUT2D eigenvalue weighted by molar-refractivity contribution is -0.108. The lowest BCUT2D eigenvalue weighted by atomic mass is 9.49. The van der Waals surface area contributed by atoms with Crippen LogP contribution in [-0.2, 0) is 11.2 Å². The highest BCUT2D eigenvalue weighted by Crippen LogP contribution is 2.32. The van der Waals surface area contributed by atoms with Crippen molar-refractivity contribution in [3.63, 3.8) is 0 Å². The van der Waals surface area contributed by atoms with Crippen molar-refractivity contribution in [2.75, 3.05) is 0 Å². The Morgan fingerprint density at radius 3 is 2.40 bits per heavy atom. The number of nitrogens with zero attached hydrogens (tertiary/aromatic N) is 2. The third-order valence-electron chi connectivity index (χ3n) is 5.23. The topological polar surface area (TPSA) is 119 Å². The Kier molecular flexibility index (Phi) is 11.1. The van der Waals surface area contributed by atoms with E-state index < -0.39 is 17.0 Å². The number of benzene rings is 2. The van der Waals surface area contributed by atoms with Crippen LogP contribution in [0.3, 0.4) is 0 Å². The van der Waals surface area contributed by atoms with Crippen molar-refractivity contribution >= 4 is 53.0 Å². The highest BCUT2D eigenvalue weighted by molar-refractivity contribution is 6.60. The first kappa shape index (κ1) is 32.1. The Morgan fingerprint density at radius 1 is 1.15 bits per heavy atom. The van der Waals surface area contributed by atoms with Gasteiger partial charge in [0, 0.05) is 30.1 Å². The molecule has 0 spiro atoms. The van der Waals surface area contributed by atoms with Crippen molar-refractivity contribution in [1.82, 2.24) is 15.6 Å². The highest BCUT2D eigenvalue weighted by atomic mass is 19.1. The number of fused-ring (bicyclic) bond motifs is 1. The van der Waals surface area contributed by atoms with Gasteiger partial charge in [0.1, 0.15) is 17.3 Å². The standard InChI is InChI=1S/C20H16B3FN2O2.C8H15N3O/c1-3-12-4-5-17(11(2)8-12)28-18-6-7-25-16-10-15(24)13(9-14(16)18)19(27)26-20(21,22)23;1-8(2,3)11-5-7(4-9)10-6-12/h4-10H,3H2,1-2H3,(H,26,27);4-6H,9H2,1-3H3,(H,10,12)/b;7-4+,11-5?. The average molecular weight is 537 g/mol. The monoisotopic (exact) mass is 537 g/mol. The zero-order valence-electron chi connectivity index (χ0n) is 23.3. The molecule has 6 radical (unpaired) electrons. The Morgan fingerprint density at radius 2 is 1.85 bits per heavy atom. The van der Waals surface area contributed by atoms with E-state index in [2.05, 4.69) is 27.5 Å². The van der Waals surface area contributed by atoms with E-state index in [1.807, 2.05) is 45.9 Å². The smallest absolute Gasteiger partial charge is 0.252 e. The van der Waals surface area contributed by atoms with Gasteiger partial charge in [-0.25, -0.2) is 4.39 Å². The first-order valence-corrected chi connectivity index (χ1v) is 12.4. The van der Waals surface area contributed by atoms with Crippen molar-refractivity contribution in [3.8, 4) is 11.5 Å². The van der Waals surface area contributed by atoms with Gasteiger partial charge in [-0.1, -0.05) is 24.3 Å². The lowest BCUT2D eigenvalue weighted by Gasteiger charge is -2.22. The summed E-state index contributed by atoms with van der Waals surface area (Å²) in [4.78, 5) is 30.6. The van der Waals surface area contributed by atoms with Gasteiger partial charge in [0.05, 0.1) is 45.9 Å². The number of hydrogen-bond acceptors (Lipinski definition) is 6. The fourth-order valence-electron chi connectivity index (χ4n) is 3.29. The summed E-state index contributed by atoms with van der Waals surface area (Å²) in [5, 5.41) is 3.03. The summed E-state index contributed by atoms with van der Waals surface area (Å²) in [7, 11) is 16.1. The first-order valence-electron chi connectivity index (χ1n) is 12.4. The SMILES string of the molecule is CC(C)(C)N=C/C(=C\N)NC=O.[B]C([B])([B])NC(=O)c1cc2c(Oc3ccc(CC)cc3C)ccnc2cc1F. The van der Waals surface area contributed by atoms with Gasteiger partial charge >= 0.3 is 0 Å². The van der Waals surface area contributed by atoms with Crippen LogP contribution >= 0.6 is 0 Å². The van der Waals surface area contributed by atoms with E-state index >= 15 is 0 Å². The number of carbonyl (C=O) groups excluding carboxylic acids is 2. The molecule has 40 heavy (non-hydrogen) atoms. The predicted molar refractivity (Wildman–Crippen MR) is 160 cm³/mol. The van der Waals surface area contributed by atoms with Gasteiger partial charge in [0.2, 0.25) is 6.41 Å². The van der Waals surface area contributed by atoms with Crippen molar-refractivity contribution in [1.29, 1.82) is 0 Å². The van der Waals surface area contributed by atoms with Crippen LogP contribution in [0.25, 0.3) is 10.9 Å². The third-order valence-corrected chi connectivity index (χ3v) is 5.23. The maximum Gasteiger partial charge on any atom is 0.252 e. The number of nitrogens with two attached hydrogens (primary N) is 1. The first-order chi connectivity index (χ1) is 18.7. The molecule has 12 heteroatoms. The summed E-state index contributed by atoms with van der Waals surface area (Å²) < 4.78 is 20.4. The lowest BCUT2D eigenvalue weighted by Crippen LogP contribution is -2.50. The second-order valence-electron chi connectivity index (χ2n) is 9.91. The highest BCUT2D eigenvalue weighted by Gasteiger charge is 2.20. The van der Waals surface area contributed by atoms with E-state index in [4.69, 9.17) is 34.0 Å². The largest absolute Gasteiger partial charge is 0.456 e.